The van der Waals surface area contributed by atoms with Crippen molar-refractivity contribution in [2.45, 2.75) is 32.9 Å². The summed E-state index contributed by atoms with van der Waals surface area (Å²) in [6.07, 6.45) is 0. The molecule has 0 spiro atoms. The van der Waals surface area contributed by atoms with E-state index in [2.05, 4.69) is 47.6 Å². The molecule has 0 aliphatic rings. The third kappa shape index (κ3) is 3.96. The lowest BCUT2D eigenvalue weighted by Gasteiger charge is -2.10. The van der Waals surface area contributed by atoms with E-state index < -0.39 is 4.92 Å². The Bertz CT molecular complexity index is 1360. The van der Waals surface area contributed by atoms with Crippen molar-refractivity contribution in [3.05, 3.63) is 68.8 Å². The molecule has 0 saturated carbocycles. The number of pyridine rings is 1. The minimum absolute atomic E-state index is 0.00687. The van der Waals surface area contributed by atoms with Crippen LogP contribution in [0.25, 0.3) is 16.6 Å². The van der Waals surface area contributed by atoms with E-state index in [0.29, 0.717) is 16.4 Å². The van der Waals surface area contributed by atoms with Crippen LogP contribution in [0.5, 0.6) is 0 Å². The maximum Gasteiger partial charge on any atom is 0.269 e. The Labute approximate surface area is 182 Å². The zero-order valence-electron chi connectivity index (χ0n) is 17.6. The molecule has 1 N–H and O–H groups in total. The molecule has 0 atom stereocenters. The highest BCUT2D eigenvalue weighted by Gasteiger charge is 2.15. The van der Waals surface area contributed by atoms with Gasteiger partial charge in [0.25, 0.3) is 5.69 Å². The van der Waals surface area contributed by atoms with E-state index in [-0.39, 0.29) is 17.3 Å². The highest BCUT2D eigenvalue weighted by atomic mass is 32.2. The standard InChI is InChI=1S/C22H21N5O3S/c1-12-7-16-8-15(4)21-24-25-22(26(21)19(16)10-13(12)2)31-11-20(28)23-18-6-5-17(27(29)30)9-14(18)3/h5-10H,11H2,1-4H3,(H,23,28). The molecule has 0 aliphatic carbocycles. The van der Waals surface area contributed by atoms with Gasteiger partial charge in [0.05, 0.1) is 16.2 Å². The number of nitro groups is 1. The third-order valence-electron chi connectivity index (χ3n) is 5.27. The van der Waals surface area contributed by atoms with Crippen LogP contribution >= 0.6 is 11.8 Å². The molecule has 158 valence electrons. The van der Waals surface area contributed by atoms with E-state index in [1.165, 1.54) is 35.0 Å². The maximum absolute atomic E-state index is 12.5. The average molecular weight is 436 g/mol. The van der Waals surface area contributed by atoms with Crippen molar-refractivity contribution in [2.24, 2.45) is 0 Å². The number of nitrogens with one attached hydrogen (secondary N) is 1. The fourth-order valence-corrected chi connectivity index (χ4v) is 4.23. The Balaban J connectivity index is 1.59. The normalized spacial score (nSPS) is 11.2. The molecule has 0 saturated heterocycles. The molecular weight excluding hydrogens is 414 g/mol. The first-order chi connectivity index (χ1) is 14.7. The van der Waals surface area contributed by atoms with Gasteiger partial charge in [-0.2, -0.15) is 0 Å². The molecule has 9 heteroatoms. The molecule has 2 heterocycles. The zero-order valence-corrected chi connectivity index (χ0v) is 18.4. The predicted octanol–water partition coefficient (Wildman–Crippen LogP) is 4.76. The van der Waals surface area contributed by atoms with Crippen molar-refractivity contribution in [1.29, 1.82) is 0 Å². The monoisotopic (exact) mass is 435 g/mol. The quantitative estimate of drug-likeness (QED) is 0.276. The van der Waals surface area contributed by atoms with Gasteiger partial charge in [-0.15, -0.1) is 10.2 Å². The number of aryl methyl sites for hydroxylation is 4. The number of hydrogen-bond donors (Lipinski definition) is 1. The molecule has 0 bridgehead atoms. The smallest absolute Gasteiger partial charge is 0.269 e. The van der Waals surface area contributed by atoms with Crippen molar-refractivity contribution in [2.75, 3.05) is 11.1 Å². The molecule has 8 nitrogen and oxygen atoms in total. The number of nitro benzene ring substituents is 1. The van der Waals surface area contributed by atoms with E-state index in [0.717, 1.165) is 22.1 Å². The van der Waals surface area contributed by atoms with E-state index in [4.69, 9.17) is 0 Å². The lowest BCUT2D eigenvalue weighted by atomic mass is 10.0. The van der Waals surface area contributed by atoms with Gasteiger partial charge in [0.2, 0.25) is 5.91 Å². The number of carbonyl (C=O) groups excluding carboxylic acids is 1. The van der Waals surface area contributed by atoms with Gasteiger partial charge >= 0.3 is 0 Å². The molecule has 0 radical (unpaired) electrons. The summed E-state index contributed by atoms with van der Waals surface area (Å²) in [4.78, 5) is 22.9. The molecule has 0 aliphatic heterocycles. The fourth-order valence-electron chi connectivity index (χ4n) is 3.48. The van der Waals surface area contributed by atoms with Gasteiger partial charge in [-0.05, 0) is 79.6 Å². The van der Waals surface area contributed by atoms with Gasteiger partial charge < -0.3 is 5.32 Å². The van der Waals surface area contributed by atoms with Crippen LogP contribution in [0.15, 0.2) is 41.6 Å². The highest BCUT2D eigenvalue weighted by molar-refractivity contribution is 7.99. The van der Waals surface area contributed by atoms with Gasteiger partial charge in [0.15, 0.2) is 10.8 Å². The number of benzene rings is 2. The first-order valence-electron chi connectivity index (χ1n) is 9.68. The van der Waals surface area contributed by atoms with Gasteiger partial charge in [0.1, 0.15) is 0 Å². The van der Waals surface area contributed by atoms with Crippen LogP contribution in [0, 0.1) is 37.8 Å². The number of non-ortho nitro benzene ring substituents is 1. The summed E-state index contributed by atoms with van der Waals surface area (Å²) in [5.74, 6) is -0.0833. The fraction of sp³-hybridized carbons (Fsp3) is 0.227. The van der Waals surface area contributed by atoms with Gasteiger partial charge in [0, 0.05) is 17.8 Å². The molecule has 4 aromatic rings. The Morgan fingerprint density at radius 2 is 1.74 bits per heavy atom. The molecule has 0 unspecified atom stereocenters. The van der Waals surface area contributed by atoms with Crippen LogP contribution < -0.4 is 5.32 Å². The van der Waals surface area contributed by atoms with Crippen LogP contribution in [0.4, 0.5) is 11.4 Å². The second-order valence-electron chi connectivity index (χ2n) is 7.56. The van der Waals surface area contributed by atoms with Crippen molar-refractivity contribution >= 4 is 45.6 Å². The number of carbonyl (C=O) groups is 1. The van der Waals surface area contributed by atoms with Crippen LogP contribution in [0.3, 0.4) is 0 Å². The minimum Gasteiger partial charge on any atom is -0.325 e. The zero-order chi connectivity index (χ0) is 22.3. The number of thioether (sulfide) groups is 1. The van der Waals surface area contributed by atoms with Crippen LogP contribution in [0.2, 0.25) is 0 Å². The molecule has 0 fully saturated rings. The molecular formula is C22H21N5O3S. The third-order valence-corrected chi connectivity index (χ3v) is 6.20. The molecule has 31 heavy (non-hydrogen) atoms. The highest BCUT2D eigenvalue weighted by Crippen LogP contribution is 2.28. The second-order valence-corrected chi connectivity index (χ2v) is 8.50. The van der Waals surface area contributed by atoms with Crippen LogP contribution in [-0.2, 0) is 4.79 Å². The maximum atomic E-state index is 12.5. The van der Waals surface area contributed by atoms with E-state index >= 15 is 0 Å². The first-order valence-corrected chi connectivity index (χ1v) is 10.7. The first kappa shape index (κ1) is 20.8. The van der Waals surface area contributed by atoms with E-state index in [1.54, 1.807) is 13.0 Å². The lowest BCUT2D eigenvalue weighted by Crippen LogP contribution is -2.15. The van der Waals surface area contributed by atoms with Gasteiger partial charge in [-0.1, -0.05) is 11.8 Å². The molecule has 2 aromatic carbocycles. The number of hydrogen-bond acceptors (Lipinski definition) is 6. The Morgan fingerprint density at radius 1 is 1.03 bits per heavy atom. The topological polar surface area (TPSA) is 102 Å². The number of rotatable bonds is 5. The Morgan fingerprint density at radius 3 is 2.45 bits per heavy atom. The number of anilines is 1. The second kappa shape index (κ2) is 7.99. The number of fused-ring (bicyclic) bond motifs is 3. The summed E-state index contributed by atoms with van der Waals surface area (Å²) in [5, 5.41) is 24.1. The number of aromatic nitrogens is 3. The predicted molar refractivity (Wildman–Crippen MR) is 122 cm³/mol. The number of nitrogens with zero attached hydrogens (tertiary/aromatic N) is 4. The molecule has 1 amide bonds. The van der Waals surface area contributed by atoms with Crippen molar-refractivity contribution < 1.29 is 9.72 Å². The van der Waals surface area contributed by atoms with Crippen LogP contribution in [-0.4, -0.2) is 31.2 Å². The summed E-state index contributed by atoms with van der Waals surface area (Å²) in [6, 6.07) is 10.7. The molecule has 4 rings (SSSR count). The Hall–Kier alpha value is -3.46. The summed E-state index contributed by atoms with van der Waals surface area (Å²) >= 11 is 1.30. The van der Waals surface area contributed by atoms with E-state index in [9.17, 15) is 14.9 Å². The minimum atomic E-state index is -0.458. The SMILES string of the molecule is Cc1cc2cc(C)c3nnc(SCC(=O)Nc4ccc([N+](=O)[O-])cc4C)n3c2cc1C. The lowest BCUT2D eigenvalue weighted by molar-refractivity contribution is -0.384. The van der Waals surface area contributed by atoms with Gasteiger partial charge in [-0.3, -0.25) is 19.3 Å². The van der Waals surface area contributed by atoms with Crippen molar-refractivity contribution in [3.63, 3.8) is 0 Å². The van der Waals surface area contributed by atoms with Crippen molar-refractivity contribution in [1.82, 2.24) is 14.6 Å². The summed E-state index contributed by atoms with van der Waals surface area (Å²) < 4.78 is 1.99. The molecule has 2 aromatic heterocycles. The largest absolute Gasteiger partial charge is 0.325 e. The summed E-state index contributed by atoms with van der Waals surface area (Å²) in [6.45, 7) is 7.87. The average Bonchev–Trinajstić information content (AvgIpc) is 3.14. The number of amides is 1. The van der Waals surface area contributed by atoms with E-state index in [1.807, 2.05) is 11.3 Å². The summed E-state index contributed by atoms with van der Waals surface area (Å²) in [5.41, 5.74) is 6.35. The van der Waals surface area contributed by atoms with Crippen molar-refractivity contribution in [3.8, 4) is 0 Å². The van der Waals surface area contributed by atoms with Crippen LogP contribution in [0.1, 0.15) is 22.3 Å². The summed E-state index contributed by atoms with van der Waals surface area (Å²) in [7, 11) is 0. The Kier molecular flexibility index (Phi) is 5.36. The van der Waals surface area contributed by atoms with Gasteiger partial charge in [-0.25, -0.2) is 0 Å².